The fraction of sp³-hybridized carbons (Fsp3) is 0.350. The molecule has 2 aliphatic heterocycles. The predicted octanol–water partition coefficient (Wildman–Crippen LogP) is 2.51. The molecule has 0 N–H and O–H groups in total. The lowest BCUT2D eigenvalue weighted by molar-refractivity contribution is -0.127. The van der Waals surface area contributed by atoms with Gasteiger partial charge in [-0.05, 0) is 30.5 Å². The van der Waals surface area contributed by atoms with Gasteiger partial charge in [0, 0.05) is 32.4 Å². The molecule has 0 radical (unpaired) electrons. The van der Waals surface area contributed by atoms with Gasteiger partial charge in [0.2, 0.25) is 0 Å². The highest BCUT2D eigenvalue weighted by Crippen LogP contribution is 2.27. The van der Waals surface area contributed by atoms with E-state index in [9.17, 15) is 9.59 Å². The summed E-state index contributed by atoms with van der Waals surface area (Å²) in [5, 5.41) is 0. The van der Waals surface area contributed by atoms with Crippen molar-refractivity contribution in [2.45, 2.75) is 25.4 Å². The van der Waals surface area contributed by atoms with Crippen LogP contribution in [0.15, 0.2) is 54.7 Å². The smallest absolute Gasteiger partial charge is 0.327 e. The Morgan fingerprint density at radius 2 is 1.88 bits per heavy atom. The lowest BCUT2D eigenvalue weighted by Gasteiger charge is -2.26. The standard InChI is InChI=1S/C20H22N4O2/c25-19-17-9-6-12-23(17)20(26)24(19)14-13-22(18-10-4-5-11-21-18)15-16-7-2-1-3-8-16/h1-5,7-8,10-11,17H,6,9,12-15H2/t17-/m1/s1. The molecule has 134 valence electrons. The summed E-state index contributed by atoms with van der Waals surface area (Å²) < 4.78 is 0. The summed E-state index contributed by atoms with van der Waals surface area (Å²) in [6.45, 7) is 2.32. The number of imide groups is 1. The van der Waals surface area contributed by atoms with Crippen molar-refractivity contribution in [3.05, 3.63) is 60.3 Å². The van der Waals surface area contributed by atoms with Crippen LogP contribution in [0.3, 0.4) is 0 Å². The van der Waals surface area contributed by atoms with Crippen molar-refractivity contribution in [3.8, 4) is 0 Å². The number of anilines is 1. The van der Waals surface area contributed by atoms with Crippen LogP contribution >= 0.6 is 0 Å². The highest BCUT2D eigenvalue weighted by molar-refractivity contribution is 6.04. The van der Waals surface area contributed by atoms with Crippen LogP contribution in [-0.4, -0.2) is 52.4 Å². The number of nitrogens with zero attached hydrogens (tertiary/aromatic N) is 4. The number of rotatable bonds is 6. The summed E-state index contributed by atoms with van der Waals surface area (Å²) in [6, 6.07) is 15.5. The summed E-state index contributed by atoms with van der Waals surface area (Å²) in [5.41, 5.74) is 1.16. The number of amides is 3. The number of hydrogen-bond donors (Lipinski definition) is 0. The minimum absolute atomic E-state index is 0.0480. The molecule has 26 heavy (non-hydrogen) atoms. The number of fused-ring (bicyclic) bond motifs is 1. The van der Waals surface area contributed by atoms with Gasteiger partial charge in [-0.15, -0.1) is 0 Å². The first kappa shape index (κ1) is 16.6. The van der Waals surface area contributed by atoms with Crippen molar-refractivity contribution in [2.75, 3.05) is 24.5 Å². The van der Waals surface area contributed by atoms with Gasteiger partial charge in [0.1, 0.15) is 11.9 Å². The van der Waals surface area contributed by atoms with Crippen molar-refractivity contribution in [1.29, 1.82) is 0 Å². The molecular formula is C20H22N4O2. The second kappa shape index (κ2) is 7.15. The minimum Gasteiger partial charge on any atom is -0.350 e. The monoisotopic (exact) mass is 350 g/mol. The number of pyridine rings is 1. The molecule has 6 heteroatoms. The number of carbonyl (C=O) groups excluding carboxylic acids is 2. The molecule has 2 aliphatic rings. The highest BCUT2D eigenvalue weighted by atomic mass is 16.2. The first-order valence-electron chi connectivity index (χ1n) is 9.06. The van der Waals surface area contributed by atoms with Crippen LogP contribution < -0.4 is 4.90 Å². The molecule has 3 amide bonds. The van der Waals surface area contributed by atoms with Crippen LogP contribution in [0, 0.1) is 0 Å². The lowest BCUT2D eigenvalue weighted by atomic mass is 10.2. The Labute approximate surface area is 153 Å². The molecule has 2 fully saturated rings. The van der Waals surface area contributed by atoms with Gasteiger partial charge in [0.05, 0.1) is 0 Å². The molecule has 0 bridgehead atoms. The maximum Gasteiger partial charge on any atom is 0.327 e. The molecule has 2 aromatic rings. The van der Waals surface area contributed by atoms with Crippen molar-refractivity contribution >= 4 is 17.8 Å². The Kier molecular flexibility index (Phi) is 4.56. The molecule has 3 heterocycles. The third-order valence-corrected chi connectivity index (χ3v) is 5.06. The second-order valence-corrected chi connectivity index (χ2v) is 6.72. The van der Waals surface area contributed by atoms with E-state index in [4.69, 9.17) is 0 Å². The summed E-state index contributed by atoms with van der Waals surface area (Å²) >= 11 is 0. The summed E-state index contributed by atoms with van der Waals surface area (Å²) in [6.07, 6.45) is 3.47. The number of hydrogen-bond acceptors (Lipinski definition) is 4. The zero-order valence-corrected chi connectivity index (χ0v) is 14.6. The quantitative estimate of drug-likeness (QED) is 0.751. The maximum atomic E-state index is 12.5. The van der Waals surface area contributed by atoms with Gasteiger partial charge in [0.15, 0.2) is 0 Å². The average Bonchev–Trinajstić information content (AvgIpc) is 3.25. The average molecular weight is 350 g/mol. The van der Waals surface area contributed by atoms with E-state index in [1.165, 1.54) is 4.90 Å². The molecule has 2 saturated heterocycles. The molecule has 1 atom stereocenters. The molecule has 4 rings (SSSR count). The molecule has 0 spiro atoms. The van der Waals surface area contributed by atoms with Gasteiger partial charge >= 0.3 is 6.03 Å². The van der Waals surface area contributed by atoms with Crippen LogP contribution in [-0.2, 0) is 11.3 Å². The van der Waals surface area contributed by atoms with Crippen molar-refractivity contribution < 1.29 is 9.59 Å². The van der Waals surface area contributed by atoms with Crippen LogP contribution in [0.25, 0.3) is 0 Å². The van der Waals surface area contributed by atoms with Crippen molar-refractivity contribution in [1.82, 2.24) is 14.8 Å². The topological polar surface area (TPSA) is 56.8 Å². The van der Waals surface area contributed by atoms with E-state index in [0.717, 1.165) is 24.2 Å². The van der Waals surface area contributed by atoms with Gasteiger partial charge in [0.25, 0.3) is 5.91 Å². The van der Waals surface area contributed by atoms with E-state index >= 15 is 0 Å². The fourth-order valence-electron chi connectivity index (χ4n) is 3.73. The summed E-state index contributed by atoms with van der Waals surface area (Å²) in [4.78, 5) is 34.7. The van der Waals surface area contributed by atoms with Crippen LogP contribution in [0.1, 0.15) is 18.4 Å². The van der Waals surface area contributed by atoms with E-state index in [1.54, 1.807) is 11.1 Å². The lowest BCUT2D eigenvalue weighted by Crippen LogP contribution is -2.40. The molecule has 0 unspecified atom stereocenters. The van der Waals surface area contributed by atoms with E-state index in [1.807, 2.05) is 36.4 Å². The number of carbonyl (C=O) groups is 2. The van der Waals surface area contributed by atoms with Crippen molar-refractivity contribution in [3.63, 3.8) is 0 Å². The zero-order valence-electron chi connectivity index (χ0n) is 14.6. The zero-order chi connectivity index (χ0) is 17.9. The first-order valence-corrected chi connectivity index (χ1v) is 9.06. The number of benzene rings is 1. The van der Waals surface area contributed by atoms with Crippen LogP contribution in [0.2, 0.25) is 0 Å². The van der Waals surface area contributed by atoms with Gasteiger partial charge in [-0.1, -0.05) is 36.4 Å². The predicted molar refractivity (Wildman–Crippen MR) is 98.6 cm³/mol. The Hall–Kier alpha value is -2.89. The normalized spacial score (nSPS) is 19.2. The molecular weight excluding hydrogens is 328 g/mol. The third-order valence-electron chi connectivity index (χ3n) is 5.06. The van der Waals surface area contributed by atoms with E-state index < -0.39 is 0 Å². The number of aromatic nitrogens is 1. The number of urea groups is 1. The van der Waals surface area contributed by atoms with Crippen LogP contribution in [0.5, 0.6) is 0 Å². The minimum atomic E-state index is -0.236. The summed E-state index contributed by atoms with van der Waals surface area (Å²) in [5.74, 6) is 0.795. The Morgan fingerprint density at radius 1 is 1.08 bits per heavy atom. The molecule has 0 aliphatic carbocycles. The Bertz CT molecular complexity index is 759. The SMILES string of the molecule is O=C1[C@H]2CCCN2C(=O)N1CCN(Cc1ccccc1)c1ccccn1. The van der Waals surface area contributed by atoms with Gasteiger partial charge in [-0.2, -0.15) is 0 Å². The summed E-state index contributed by atoms with van der Waals surface area (Å²) in [7, 11) is 0. The van der Waals surface area contributed by atoms with E-state index in [2.05, 4.69) is 22.0 Å². The fourth-order valence-corrected chi connectivity index (χ4v) is 3.73. The Balaban J connectivity index is 1.48. The highest BCUT2D eigenvalue weighted by Gasteiger charge is 2.47. The van der Waals surface area contributed by atoms with Crippen LogP contribution in [0.4, 0.5) is 10.6 Å². The molecule has 0 saturated carbocycles. The Morgan fingerprint density at radius 3 is 2.62 bits per heavy atom. The van der Waals surface area contributed by atoms with Gasteiger partial charge in [-0.3, -0.25) is 9.69 Å². The first-order chi connectivity index (χ1) is 12.7. The molecule has 1 aromatic heterocycles. The van der Waals surface area contributed by atoms with E-state index in [-0.39, 0.29) is 18.0 Å². The third kappa shape index (κ3) is 3.14. The second-order valence-electron chi connectivity index (χ2n) is 6.72. The maximum absolute atomic E-state index is 12.5. The molecule has 6 nitrogen and oxygen atoms in total. The van der Waals surface area contributed by atoms with Crippen molar-refractivity contribution in [2.24, 2.45) is 0 Å². The van der Waals surface area contributed by atoms with E-state index in [0.29, 0.717) is 26.2 Å². The molecule has 1 aromatic carbocycles. The van der Waals surface area contributed by atoms with Gasteiger partial charge < -0.3 is 9.80 Å². The van der Waals surface area contributed by atoms with Gasteiger partial charge in [-0.25, -0.2) is 9.78 Å². The largest absolute Gasteiger partial charge is 0.350 e.